The molecule has 12 heteroatoms. The largest absolute Gasteiger partial charge is 0.443 e. The van der Waals surface area contributed by atoms with E-state index < -0.39 is 42.8 Å². The van der Waals surface area contributed by atoms with E-state index in [1.54, 1.807) is 0 Å². The van der Waals surface area contributed by atoms with Crippen LogP contribution in [0.15, 0.2) is 30.5 Å². The van der Waals surface area contributed by atoms with Gasteiger partial charge in [0.15, 0.2) is 12.4 Å². The number of nitrogens with zero attached hydrogens (tertiary/aromatic N) is 4. The van der Waals surface area contributed by atoms with Crippen molar-refractivity contribution in [3.05, 3.63) is 41.8 Å². The van der Waals surface area contributed by atoms with Gasteiger partial charge in [0.25, 0.3) is 12.3 Å². The monoisotopic (exact) mass is 436 g/mol. The number of nitrogens with one attached hydrogen (secondary N) is 1. The number of amides is 2. The Balaban J connectivity index is 1.77. The van der Waals surface area contributed by atoms with Gasteiger partial charge in [-0.3, -0.25) is 9.48 Å². The van der Waals surface area contributed by atoms with Crippen molar-refractivity contribution in [2.75, 3.05) is 25.0 Å². The van der Waals surface area contributed by atoms with Crippen molar-refractivity contribution in [3.63, 3.8) is 0 Å². The summed E-state index contributed by atoms with van der Waals surface area (Å²) in [5.74, 6) is -1.78. The molecule has 0 saturated carbocycles. The summed E-state index contributed by atoms with van der Waals surface area (Å²) in [6.45, 7) is -0.914. The SMILES string of the molecule is N#C[C@H]1CN(C(=O)OCC(F)F)CC[C@H]1n1cc(C(N)=O)c(Nc2ccc(F)cc2)n1. The number of anilines is 2. The molecule has 1 fully saturated rings. The Hall–Kier alpha value is -3.75. The molecule has 0 aliphatic carbocycles. The van der Waals surface area contributed by atoms with Gasteiger partial charge in [-0.25, -0.2) is 18.0 Å². The topological polar surface area (TPSA) is 126 Å². The molecule has 2 heterocycles. The highest BCUT2D eigenvalue weighted by atomic mass is 19.3. The predicted octanol–water partition coefficient (Wildman–Crippen LogP) is 2.65. The minimum absolute atomic E-state index is 0.0459. The number of carbonyl (C=O) groups is 2. The van der Waals surface area contributed by atoms with Crippen molar-refractivity contribution in [2.24, 2.45) is 11.7 Å². The van der Waals surface area contributed by atoms with Gasteiger partial charge in [-0.05, 0) is 30.7 Å². The van der Waals surface area contributed by atoms with Crippen molar-refractivity contribution in [3.8, 4) is 6.07 Å². The van der Waals surface area contributed by atoms with Crippen LogP contribution in [0.1, 0.15) is 22.8 Å². The van der Waals surface area contributed by atoms with Crippen molar-refractivity contribution >= 4 is 23.5 Å². The summed E-state index contributed by atoms with van der Waals surface area (Å²) in [6.07, 6.45) is -2.03. The van der Waals surface area contributed by atoms with Crippen LogP contribution < -0.4 is 11.1 Å². The van der Waals surface area contributed by atoms with Crippen LogP contribution in [0.2, 0.25) is 0 Å². The number of ether oxygens (including phenoxy) is 1. The average molecular weight is 436 g/mol. The van der Waals surface area contributed by atoms with Gasteiger partial charge in [-0.15, -0.1) is 0 Å². The Kier molecular flexibility index (Phi) is 6.64. The second-order valence-corrected chi connectivity index (χ2v) is 6.87. The number of hydrogen-bond donors (Lipinski definition) is 2. The minimum Gasteiger partial charge on any atom is -0.443 e. The average Bonchev–Trinajstić information content (AvgIpc) is 3.17. The Bertz CT molecular complexity index is 989. The van der Waals surface area contributed by atoms with Crippen LogP contribution in [0, 0.1) is 23.1 Å². The molecule has 9 nitrogen and oxygen atoms in total. The first-order valence-corrected chi connectivity index (χ1v) is 9.29. The van der Waals surface area contributed by atoms with E-state index in [1.807, 2.05) is 0 Å². The van der Waals surface area contributed by atoms with Gasteiger partial charge < -0.3 is 20.7 Å². The van der Waals surface area contributed by atoms with E-state index in [4.69, 9.17) is 5.73 Å². The summed E-state index contributed by atoms with van der Waals surface area (Å²) < 4.78 is 43.5. The van der Waals surface area contributed by atoms with Crippen LogP contribution in [0.4, 0.5) is 29.5 Å². The first-order chi connectivity index (χ1) is 14.8. The van der Waals surface area contributed by atoms with Gasteiger partial charge in [0.1, 0.15) is 11.4 Å². The maximum atomic E-state index is 13.1. The van der Waals surface area contributed by atoms with E-state index in [9.17, 15) is 28.0 Å². The molecule has 164 valence electrons. The summed E-state index contributed by atoms with van der Waals surface area (Å²) in [5, 5.41) is 16.8. The van der Waals surface area contributed by atoms with Gasteiger partial charge in [0.05, 0.1) is 18.0 Å². The lowest BCUT2D eigenvalue weighted by Crippen LogP contribution is -2.44. The first-order valence-electron chi connectivity index (χ1n) is 9.29. The summed E-state index contributed by atoms with van der Waals surface area (Å²) in [7, 11) is 0. The minimum atomic E-state index is -2.78. The van der Waals surface area contributed by atoms with Crippen molar-refractivity contribution in [1.29, 1.82) is 5.26 Å². The molecule has 0 spiro atoms. The maximum absolute atomic E-state index is 13.1. The molecule has 3 rings (SSSR count). The third-order valence-corrected chi connectivity index (χ3v) is 4.78. The lowest BCUT2D eigenvalue weighted by molar-refractivity contribution is 0.0237. The molecule has 0 bridgehead atoms. The normalized spacial score (nSPS) is 18.5. The number of piperidine rings is 1. The van der Waals surface area contributed by atoms with Crippen LogP contribution in [-0.4, -0.2) is 52.8 Å². The number of likely N-dealkylation sites (tertiary alicyclic amines) is 1. The van der Waals surface area contributed by atoms with E-state index in [1.165, 1.54) is 40.0 Å². The number of carbonyl (C=O) groups excluding carboxylic acids is 2. The molecule has 2 atom stereocenters. The number of aromatic nitrogens is 2. The molecule has 2 aromatic rings. The first kappa shape index (κ1) is 21.9. The van der Waals surface area contributed by atoms with E-state index >= 15 is 0 Å². The zero-order valence-corrected chi connectivity index (χ0v) is 16.2. The number of nitrogens with two attached hydrogens (primary N) is 1. The number of alkyl halides is 2. The number of hydrogen-bond acceptors (Lipinski definition) is 6. The van der Waals surface area contributed by atoms with Crippen LogP contribution in [0.5, 0.6) is 0 Å². The fourth-order valence-electron chi connectivity index (χ4n) is 3.28. The molecule has 1 aliphatic rings. The quantitative estimate of drug-likeness (QED) is 0.717. The standard InChI is InChI=1S/C19H19F3N6O3/c20-12-1-3-13(4-2-12)25-18-14(17(24)29)9-28(26-18)15-5-6-27(8-11(15)7-23)19(30)31-10-16(21)22/h1-4,9,11,15-16H,5-6,8,10H2,(H2,24,29)(H,25,26)/t11-,15+/m0/s1. The highest BCUT2D eigenvalue weighted by Crippen LogP contribution is 2.30. The second kappa shape index (κ2) is 9.38. The number of benzene rings is 1. The summed E-state index contributed by atoms with van der Waals surface area (Å²) in [4.78, 5) is 25.0. The predicted molar refractivity (Wildman–Crippen MR) is 102 cm³/mol. The molecule has 2 amide bonds. The molecule has 0 unspecified atom stereocenters. The van der Waals surface area contributed by atoms with E-state index in [2.05, 4.69) is 21.2 Å². The zero-order chi connectivity index (χ0) is 22.5. The highest BCUT2D eigenvalue weighted by molar-refractivity contribution is 5.98. The molecule has 31 heavy (non-hydrogen) atoms. The van der Waals surface area contributed by atoms with Gasteiger partial charge in [-0.1, -0.05) is 0 Å². The number of primary amides is 1. The molecule has 1 aliphatic heterocycles. The second-order valence-electron chi connectivity index (χ2n) is 6.87. The van der Waals surface area contributed by atoms with E-state index in [0.717, 1.165) is 0 Å². The fraction of sp³-hybridized carbons (Fsp3) is 0.368. The molecule has 3 N–H and O–H groups in total. The molecule has 1 aromatic carbocycles. The van der Waals surface area contributed by atoms with Crippen LogP contribution in [0.3, 0.4) is 0 Å². The van der Waals surface area contributed by atoms with Crippen LogP contribution in [0.25, 0.3) is 0 Å². The van der Waals surface area contributed by atoms with Crippen molar-refractivity contribution < 1.29 is 27.5 Å². The van der Waals surface area contributed by atoms with E-state index in [-0.39, 0.29) is 30.9 Å². The lowest BCUT2D eigenvalue weighted by atomic mass is 9.94. The third kappa shape index (κ3) is 5.25. The molecular formula is C19H19F3N6O3. The Morgan fingerprint density at radius 1 is 1.35 bits per heavy atom. The Morgan fingerprint density at radius 2 is 2.06 bits per heavy atom. The fourth-order valence-corrected chi connectivity index (χ4v) is 3.28. The Morgan fingerprint density at radius 3 is 2.68 bits per heavy atom. The van der Waals surface area contributed by atoms with Gasteiger partial charge in [-0.2, -0.15) is 10.4 Å². The summed E-state index contributed by atoms with van der Waals surface area (Å²) in [5.41, 5.74) is 5.98. The highest BCUT2D eigenvalue weighted by Gasteiger charge is 2.35. The molecular weight excluding hydrogens is 417 g/mol. The zero-order valence-electron chi connectivity index (χ0n) is 16.2. The van der Waals surface area contributed by atoms with Gasteiger partial charge >= 0.3 is 6.09 Å². The van der Waals surface area contributed by atoms with Crippen molar-refractivity contribution in [2.45, 2.75) is 18.9 Å². The van der Waals surface area contributed by atoms with Crippen LogP contribution in [-0.2, 0) is 4.74 Å². The number of halogens is 3. The lowest BCUT2D eigenvalue weighted by Gasteiger charge is -2.34. The third-order valence-electron chi connectivity index (χ3n) is 4.78. The molecule has 1 aromatic heterocycles. The van der Waals surface area contributed by atoms with Gasteiger partial charge in [0, 0.05) is 25.0 Å². The Labute approximate surface area is 175 Å². The summed E-state index contributed by atoms with van der Waals surface area (Å²) >= 11 is 0. The molecule has 0 radical (unpaired) electrons. The summed E-state index contributed by atoms with van der Waals surface area (Å²) in [6, 6.07) is 6.97. The van der Waals surface area contributed by atoms with Crippen molar-refractivity contribution in [1.82, 2.24) is 14.7 Å². The molecule has 1 saturated heterocycles. The number of nitriles is 1. The number of rotatable bonds is 6. The van der Waals surface area contributed by atoms with Crippen LogP contribution >= 0.6 is 0 Å². The maximum Gasteiger partial charge on any atom is 0.410 e. The van der Waals surface area contributed by atoms with E-state index in [0.29, 0.717) is 5.69 Å². The van der Waals surface area contributed by atoms with Gasteiger partial charge in [0.2, 0.25) is 0 Å². The smallest absolute Gasteiger partial charge is 0.410 e.